The summed E-state index contributed by atoms with van der Waals surface area (Å²) < 4.78 is 0. The lowest BCUT2D eigenvalue weighted by Gasteiger charge is -2.46. The number of carbonyl (C=O) groups excluding carboxylic acids is 2. The predicted molar refractivity (Wildman–Crippen MR) is 64.3 cm³/mol. The van der Waals surface area contributed by atoms with Gasteiger partial charge >= 0.3 is 0 Å². The first-order chi connectivity index (χ1) is 7.11. The van der Waals surface area contributed by atoms with Crippen molar-refractivity contribution >= 4 is 11.6 Å². The quantitative estimate of drug-likeness (QED) is 0.748. The Hall–Kier alpha value is -0.700. The van der Waals surface area contributed by atoms with Gasteiger partial charge in [-0.3, -0.25) is 9.59 Å². The van der Waals surface area contributed by atoms with Gasteiger partial charge in [-0.2, -0.15) is 0 Å². The number of ketones is 2. The molecule has 1 N–H and O–H groups in total. The smallest absolute Gasteiger partial charge is 0.198 e. The minimum absolute atomic E-state index is 0.0451. The third-order valence-electron chi connectivity index (χ3n) is 3.14. The molecule has 0 amide bonds. The highest BCUT2D eigenvalue weighted by atomic mass is 16.2. The van der Waals surface area contributed by atoms with Crippen molar-refractivity contribution in [3.05, 3.63) is 0 Å². The minimum Gasteiger partial charge on any atom is -0.307 e. The van der Waals surface area contributed by atoms with E-state index in [4.69, 9.17) is 0 Å². The molecule has 1 aliphatic rings. The van der Waals surface area contributed by atoms with Gasteiger partial charge < -0.3 is 5.32 Å². The molecular weight excluding hydrogens is 202 g/mol. The van der Waals surface area contributed by atoms with Crippen LogP contribution in [-0.4, -0.2) is 22.6 Å². The molecule has 1 saturated heterocycles. The highest BCUT2D eigenvalue weighted by molar-refractivity contribution is 6.36. The maximum Gasteiger partial charge on any atom is 0.198 e. The molecule has 1 heterocycles. The van der Waals surface area contributed by atoms with E-state index in [1.165, 1.54) is 6.92 Å². The van der Waals surface area contributed by atoms with Crippen molar-refractivity contribution in [1.82, 2.24) is 5.32 Å². The fraction of sp³-hybridized carbons (Fsp3) is 0.846. The van der Waals surface area contributed by atoms with Crippen LogP contribution < -0.4 is 5.32 Å². The first-order valence-electron chi connectivity index (χ1n) is 5.94. The van der Waals surface area contributed by atoms with Crippen LogP contribution in [0.25, 0.3) is 0 Å². The molecule has 1 rings (SSSR count). The largest absolute Gasteiger partial charge is 0.307 e. The van der Waals surface area contributed by atoms with E-state index in [1.807, 2.05) is 0 Å². The fourth-order valence-electron chi connectivity index (χ4n) is 3.08. The van der Waals surface area contributed by atoms with Crippen LogP contribution in [-0.2, 0) is 9.59 Å². The van der Waals surface area contributed by atoms with Gasteiger partial charge in [0.05, 0.1) is 0 Å². The van der Waals surface area contributed by atoms with Crippen LogP contribution in [0, 0.1) is 5.92 Å². The Morgan fingerprint density at radius 3 is 1.94 bits per heavy atom. The second-order valence-electron chi connectivity index (χ2n) is 6.35. The molecule has 0 spiro atoms. The number of Topliss-reactive ketones (excluding diaryl/α,β-unsaturated/α-hetero) is 2. The summed E-state index contributed by atoms with van der Waals surface area (Å²) in [5.41, 5.74) is 0.0902. The van der Waals surface area contributed by atoms with E-state index in [2.05, 4.69) is 33.0 Å². The van der Waals surface area contributed by atoms with E-state index >= 15 is 0 Å². The van der Waals surface area contributed by atoms with Crippen LogP contribution in [0.1, 0.15) is 53.9 Å². The molecule has 0 unspecified atom stereocenters. The van der Waals surface area contributed by atoms with Gasteiger partial charge in [-0.1, -0.05) is 0 Å². The van der Waals surface area contributed by atoms with Gasteiger partial charge in [-0.15, -0.1) is 0 Å². The van der Waals surface area contributed by atoms with Gasteiger partial charge in [0.25, 0.3) is 0 Å². The molecule has 1 fully saturated rings. The number of rotatable bonds is 3. The average Bonchev–Trinajstić information content (AvgIpc) is 1.96. The highest BCUT2D eigenvalue weighted by Gasteiger charge is 2.38. The Morgan fingerprint density at radius 2 is 1.56 bits per heavy atom. The molecule has 0 radical (unpaired) electrons. The second kappa shape index (κ2) is 4.28. The molecule has 92 valence electrons. The van der Waals surface area contributed by atoms with Crippen molar-refractivity contribution in [2.24, 2.45) is 5.92 Å². The number of piperidine rings is 1. The summed E-state index contributed by atoms with van der Waals surface area (Å²) >= 11 is 0. The van der Waals surface area contributed by atoms with Gasteiger partial charge in [0.1, 0.15) is 0 Å². The zero-order valence-corrected chi connectivity index (χ0v) is 11.0. The van der Waals surface area contributed by atoms with Gasteiger partial charge in [-0.05, 0) is 46.5 Å². The minimum atomic E-state index is -0.311. The monoisotopic (exact) mass is 225 g/mol. The van der Waals surface area contributed by atoms with E-state index in [1.54, 1.807) is 0 Å². The van der Waals surface area contributed by atoms with E-state index in [0.29, 0.717) is 12.3 Å². The van der Waals surface area contributed by atoms with Crippen molar-refractivity contribution in [3.8, 4) is 0 Å². The topological polar surface area (TPSA) is 46.2 Å². The van der Waals surface area contributed by atoms with Crippen LogP contribution in [0.15, 0.2) is 0 Å². The summed E-state index contributed by atoms with van der Waals surface area (Å²) in [7, 11) is 0. The molecule has 0 aromatic heterocycles. The van der Waals surface area contributed by atoms with Gasteiger partial charge in [0.2, 0.25) is 0 Å². The summed E-state index contributed by atoms with van der Waals surface area (Å²) in [4.78, 5) is 22.4. The molecular formula is C13H23NO2. The zero-order valence-electron chi connectivity index (χ0n) is 11.0. The Bertz CT molecular complexity index is 289. The summed E-state index contributed by atoms with van der Waals surface area (Å²) in [6, 6.07) is 0. The Kier molecular flexibility index (Phi) is 3.58. The Balaban J connectivity index is 2.68. The molecule has 0 atom stereocenters. The second-order valence-corrected chi connectivity index (χ2v) is 6.35. The molecule has 16 heavy (non-hydrogen) atoms. The summed E-state index contributed by atoms with van der Waals surface area (Å²) in [5, 5.41) is 3.57. The molecule has 3 nitrogen and oxygen atoms in total. The normalized spacial score (nSPS) is 24.1. The zero-order chi connectivity index (χ0) is 12.6. The number of nitrogens with one attached hydrogen (secondary N) is 1. The van der Waals surface area contributed by atoms with Crippen LogP contribution in [0.3, 0.4) is 0 Å². The van der Waals surface area contributed by atoms with Crippen LogP contribution >= 0.6 is 0 Å². The highest BCUT2D eigenvalue weighted by Crippen LogP contribution is 2.34. The Labute approximate surface area is 98.0 Å². The van der Waals surface area contributed by atoms with Crippen LogP contribution in [0.2, 0.25) is 0 Å². The molecule has 0 aliphatic carbocycles. The van der Waals surface area contributed by atoms with Gasteiger partial charge in [0, 0.05) is 24.4 Å². The lowest BCUT2D eigenvalue weighted by atomic mass is 9.74. The summed E-state index contributed by atoms with van der Waals surface area (Å²) in [5.74, 6) is -0.213. The molecule has 3 heteroatoms. The number of hydrogen-bond donors (Lipinski definition) is 1. The van der Waals surface area contributed by atoms with Crippen molar-refractivity contribution in [1.29, 1.82) is 0 Å². The Morgan fingerprint density at radius 1 is 1.12 bits per heavy atom. The molecule has 0 aromatic rings. The lowest BCUT2D eigenvalue weighted by molar-refractivity contribution is -0.136. The van der Waals surface area contributed by atoms with E-state index < -0.39 is 0 Å². The maximum absolute atomic E-state index is 11.5. The third kappa shape index (κ3) is 3.71. The van der Waals surface area contributed by atoms with Crippen molar-refractivity contribution in [2.45, 2.75) is 65.0 Å². The van der Waals surface area contributed by atoms with Gasteiger partial charge in [-0.25, -0.2) is 0 Å². The van der Waals surface area contributed by atoms with Crippen LogP contribution in [0.4, 0.5) is 0 Å². The number of hydrogen-bond acceptors (Lipinski definition) is 3. The summed E-state index contributed by atoms with van der Waals surface area (Å²) in [6.45, 7) is 9.97. The third-order valence-corrected chi connectivity index (χ3v) is 3.14. The van der Waals surface area contributed by atoms with E-state index in [0.717, 1.165) is 12.8 Å². The van der Waals surface area contributed by atoms with Crippen LogP contribution in [0.5, 0.6) is 0 Å². The van der Waals surface area contributed by atoms with Gasteiger partial charge in [0.15, 0.2) is 11.6 Å². The van der Waals surface area contributed by atoms with E-state index in [9.17, 15) is 9.59 Å². The first-order valence-corrected chi connectivity index (χ1v) is 5.94. The molecule has 0 bridgehead atoms. The fourth-order valence-corrected chi connectivity index (χ4v) is 3.08. The molecule has 0 saturated carbocycles. The average molecular weight is 225 g/mol. The molecule has 1 aliphatic heterocycles. The summed E-state index contributed by atoms with van der Waals surface area (Å²) in [6.07, 6.45) is 2.31. The lowest BCUT2D eigenvalue weighted by Crippen LogP contribution is -2.58. The predicted octanol–water partition coefficient (Wildman–Crippen LogP) is 2.09. The maximum atomic E-state index is 11.5. The SMILES string of the molecule is CC(=O)C(=O)CC1CC(C)(C)NC(C)(C)C1. The van der Waals surface area contributed by atoms with Crippen molar-refractivity contribution in [3.63, 3.8) is 0 Å². The van der Waals surface area contributed by atoms with Crippen molar-refractivity contribution < 1.29 is 9.59 Å². The molecule has 0 aromatic carbocycles. The van der Waals surface area contributed by atoms with E-state index in [-0.39, 0.29) is 22.6 Å². The number of carbonyl (C=O) groups is 2. The van der Waals surface area contributed by atoms with Crippen molar-refractivity contribution in [2.75, 3.05) is 0 Å². The standard InChI is InChI=1S/C13H23NO2/c1-9(15)11(16)6-10-7-12(2,3)14-13(4,5)8-10/h10,14H,6-8H2,1-5H3. The first kappa shape index (κ1) is 13.4.